The van der Waals surface area contributed by atoms with Crippen LogP contribution >= 0.6 is 0 Å². The number of benzene rings is 1. The molecule has 18 heavy (non-hydrogen) atoms. The van der Waals surface area contributed by atoms with E-state index in [1.54, 1.807) is 0 Å². The number of rotatable bonds is 4. The molecule has 0 radical (unpaired) electrons. The maximum Gasteiger partial charge on any atom is 0.249 e. The van der Waals surface area contributed by atoms with Crippen LogP contribution in [0.15, 0.2) is 42.6 Å². The smallest absolute Gasteiger partial charge is 0.249 e. The summed E-state index contributed by atoms with van der Waals surface area (Å²) in [4.78, 5) is 26.4. The largest absolute Gasteiger partial charge is 0.366 e. The SMILES string of the molecule is NC(=O)c1ccnc(-c2ccccc2)c1CC=O. The highest BCUT2D eigenvalue weighted by Crippen LogP contribution is 2.23. The van der Waals surface area contributed by atoms with Crippen molar-refractivity contribution in [2.45, 2.75) is 6.42 Å². The molecule has 1 aromatic heterocycles. The third-order valence-electron chi connectivity index (χ3n) is 2.66. The Morgan fingerprint density at radius 1 is 1.22 bits per heavy atom. The van der Waals surface area contributed by atoms with Gasteiger partial charge in [0.05, 0.1) is 5.69 Å². The highest BCUT2D eigenvalue weighted by Gasteiger charge is 2.14. The summed E-state index contributed by atoms with van der Waals surface area (Å²) in [6.07, 6.45) is 2.39. The van der Waals surface area contributed by atoms with Gasteiger partial charge in [-0.3, -0.25) is 9.78 Å². The number of primary amides is 1. The summed E-state index contributed by atoms with van der Waals surface area (Å²) in [5.41, 5.74) is 7.71. The lowest BCUT2D eigenvalue weighted by atomic mass is 9.98. The third kappa shape index (κ3) is 2.27. The molecule has 0 saturated heterocycles. The summed E-state index contributed by atoms with van der Waals surface area (Å²) in [6.45, 7) is 0. The van der Waals surface area contributed by atoms with Crippen LogP contribution in [0.25, 0.3) is 11.3 Å². The second-order valence-corrected chi connectivity index (χ2v) is 3.79. The molecular formula is C14H12N2O2. The van der Waals surface area contributed by atoms with Gasteiger partial charge in [-0.25, -0.2) is 0 Å². The highest BCUT2D eigenvalue weighted by atomic mass is 16.1. The average molecular weight is 240 g/mol. The number of carbonyl (C=O) groups is 2. The van der Waals surface area contributed by atoms with Crippen molar-refractivity contribution in [3.05, 3.63) is 53.7 Å². The van der Waals surface area contributed by atoms with Crippen molar-refractivity contribution < 1.29 is 9.59 Å². The Balaban J connectivity index is 2.63. The summed E-state index contributed by atoms with van der Waals surface area (Å²) < 4.78 is 0. The fourth-order valence-corrected chi connectivity index (χ4v) is 1.86. The molecule has 4 heteroatoms. The van der Waals surface area contributed by atoms with Crippen LogP contribution in [-0.2, 0) is 11.2 Å². The highest BCUT2D eigenvalue weighted by molar-refractivity contribution is 5.96. The van der Waals surface area contributed by atoms with E-state index < -0.39 is 5.91 Å². The van der Waals surface area contributed by atoms with Crippen LogP contribution in [0.3, 0.4) is 0 Å². The van der Waals surface area contributed by atoms with Gasteiger partial charge in [-0.05, 0) is 11.6 Å². The molecule has 0 aliphatic heterocycles. The number of carbonyl (C=O) groups excluding carboxylic acids is 2. The van der Waals surface area contributed by atoms with E-state index in [-0.39, 0.29) is 6.42 Å². The molecular weight excluding hydrogens is 228 g/mol. The number of nitrogens with two attached hydrogens (primary N) is 1. The molecule has 0 aliphatic carbocycles. The predicted octanol–water partition coefficient (Wildman–Crippen LogP) is 1.59. The van der Waals surface area contributed by atoms with E-state index >= 15 is 0 Å². The number of pyridine rings is 1. The molecule has 0 aliphatic rings. The van der Waals surface area contributed by atoms with Gasteiger partial charge in [0, 0.05) is 23.7 Å². The molecule has 0 unspecified atom stereocenters. The van der Waals surface area contributed by atoms with E-state index in [1.165, 1.54) is 12.3 Å². The Morgan fingerprint density at radius 3 is 2.56 bits per heavy atom. The van der Waals surface area contributed by atoms with E-state index in [1.807, 2.05) is 30.3 Å². The zero-order chi connectivity index (χ0) is 13.0. The van der Waals surface area contributed by atoms with Gasteiger partial charge in [0.1, 0.15) is 6.29 Å². The second kappa shape index (κ2) is 5.23. The van der Waals surface area contributed by atoms with Gasteiger partial charge >= 0.3 is 0 Å². The van der Waals surface area contributed by atoms with Crippen molar-refractivity contribution in [1.29, 1.82) is 0 Å². The minimum atomic E-state index is -0.550. The van der Waals surface area contributed by atoms with Gasteiger partial charge in [0.25, 0.3) is 0 Å². The van der Waals surface area contributed by atoms with Crippen molar-refractivity contribution in [2.75, 3.05) is 0 Å². The van der Waals surface area contributed by atoms with Crippen LogP contribution in [0.5, 0.6) is 0 Å². The lowest BCUT2D eigenvalue weighted by Gasteiger charge is -2.09. The number of aldehydes is 1. The molecule has 0 spiro atoms. The number of aromatic nitrogens is 1. The molecule has 0 saturated carbocycles. The van der Waals surface area contributed by atoms with E-state index in [9.17, 15) is 9.59 Å². The number of hydrogen-bond donors (Lipinski definition) is 1. The van der Waals surface area contributed by atoms with Crippen molar-refractivity contribution in [3.8, 4) is 11.3 Å². The number of nitrogens with zero attached hydrogens (tertiary/aromatic N) is 1. The Morgan fingerprint density at radius 2 is 1.94 bits per heavy atom. The zero-order valence-corrected chi connectivity index (χ0v) is 9.67. The first-order chi connectivity index (χ1) is 8.74. The molecule has 0 atom stereocenters. The van der Waals surface area contributed by atoms with E-state index in [4.69, 9.17) is 5.73 Å². The first-order valence-electron chi connectivity index (χ1n) is 5.50. The quantitative estimate of drug-likeness (QED) is 0.825. The van der Waals surface area contributed by atoms with Gasteiger partial charge in [0.15, 0.2) is 0 Å². The van der Waals surface area contributed by atoms with Crippen LogP contribution in [0.4, 0.5) is 0 Å². The first kappa shape index (κ1) is 12.0. The number of hydrogen-bond acceptors (Lipinski definition) is 3. The number of amides is 1. The van der Waals surface area contributed by atoms with Crippen molar-refractivity contribution in [1.82, 2.24) is 4.98 Å². The molecule has 0 fully saturated rings. The van der Waals surface area contributed by atoms with E-state index in [2.05, 4.69) is 4.98 Å². The van der Waals surface area contributed by atoms with Crippen molar-refractivity contribution in [3.63, 3.8) is 0 Å². The Bertz CT molecular complexity index is 580. The maximum atomic E-state index is 11.4. The monoisotopic (exact) mass is 240 g/mol. The van der Waals surface area contributed by atoms with Crippen molar-refractivity contribution in [2.24, 2.45) is 5.73 Å². The predicted molar refractivity (Wildman–Crippen MR) is 68.0 cm³/mol. The fourth-order valence-electron chi connectivity index (χ4n) is 1.86. The molecule has 1 heterocycles. The standard InChI is InChI=1S/C14H12N2O2/c15-14(18)12-6-8-16-13(11(12)7-9-17)10-4-2-1-3-5-10/h1-6,8-9H,7H2,(H2,15,18). The minimum absolute atomic E-state index is 0.121. The normalized spacial score (nSPS) is 10.0. The fraction of sp³-hybridized carbons (Fsp3) is 0.0714. The summed E-state index contributed by atoms with van der Waals surface area (Å²) in [5.74, 6) is -0.550. The Kier molecular flexibility index (Phi) is 3.48. The molecule has 0 bridgehead atoms. The molecule has 1 aromatic carbocycles. The van der Waals surface area contributed by atoms with Crippen LogP contribution < -0.4 is 5.73 Å². The van der Waals surface area contributed by atoms with Crippen LogP contribution in [0, 0.1) is 0 Å². The van der Waals surface area contributed by atoms with Gasteiger partial charge in [-0.15, -0.1) is 0 Å². The Hall–Kier alpha value is -2.49. The van der Waals surface area contributed by atoms with Crippen LogP contribution in [-0.4, -0.2) is 17.2 Å². The average Bonchev–Trinajstić information content (AvgIpc) is 2.40. The van der Waals surface area contributed by atoms with Crippen LogP contribution in [0.2, 0.25) is 0 Å². The summed E-state index contributed by atoms with van der Waals surface area (Å²) in [5, 5.41) is 0. The summed E-state index contributed by atoms with van der Waals surface area (Å²) in [6, 6.07) is 10.9. The van der Waals surface area contributed by atoms with Gasteiger partial charge < -0.3 is 10.5 Å². The molecule has 2 aromatic rings. The molecule has 2 rings (SSSR count). The molecule has 1 amide bonds. The van der Waals surface area contributed by atoms with E-state index in [0.29, 0.717) is 16.8 Å². The lowest BCUT2D eigenvalue weighted by molar-refractivity contribution is -0.107. The molecule has 4 nitrogen and oxygen atoms in total. The Labute approximate surface area is 104 Å². The molecule has 90 valence electrons. The zero-order valence-electron chi connectivity index (χ0n) is 9.67. The third-order valence-corrected chi connectivity index (χ3v) is 2.66. The van der Waals surface area contributed by atoms with Crippen molar-refractivity contribution >= 4 is 12.2 Å². The first-order valence-corrected chi connectivity index (χ1v) is 5.50. The van der Waals surface area contributed by atoms with Crippen LogP contribution in [0.1, 0.15) is 15.9 Å². The second-order valence-electron chi connectivity index (χ2n) is 3.79. The lowest BCUT2D eigenvalue weighted by Crippen LogP contribution is -2.15. The van der Waals surface area contributed by atoms with Gasteiger partial charge in [0.2, 0.25) is 5.91 Å². The topological polar surface area (TPSA) is 73.1 Å². The summed E-state index contributed by atoms with van der Waals surface area (Å²) in [7, 11) is 0. The molecule has 2 N–H and O–H groups in total. The maximum absolute atomic E-state index is 11.4. The minimum Gasteiger partial charge on any atom is -0.366 e. The summed E-state index contributed by atoms with van der Waals surface area (Å²) >= 11 is 0. The van der Waals surface area contributed by atoms with E-state index in [0.717, 1.165) is 11.8 Å². The van der Waals surface area contributed by atoms with Gasteiger partial charge in [-0.1, -0.05) is 30.3 Å². The van der Waals surface area contributed by atoms with Gasteiger partial charge in [-0.2, -0.15) is 0 Å².